The van der Waals surface area contributed by atoms with Crippen LogP contribution in [0.3, 0.4) is 0 Å². The Morgan fingerprint density at radius 2 is 1.67 bits per heavy atom. The van der Waals surface area contributed by atoms with Crippen molar-refractivity contribution in [3.8, 4) is 5.75 Å². The second-order valence-corrected chi connectivity index (χ2v) is 7.20. The third kappa shape index (κ3) is 5.43. The highest BCUT2D eigenvalue weighted by molar-refractivity contribution is 5.98. The standard InChI is InChI=1S/C27H22N2O4/c1-32-23-15-13-22(14-16-23)29-27(31)26(21-7-3-2-4-8-21)33-24(30)17-12-20-10-5-9-19-11-6-18-28-25(19)20/h2-18,26H,1H3,(H,29,31)/b17-12+. The molecule has 3 aromatic carbocycles. The predicted octanol–water partition coefficient (Wildman–Crippen LogP) is 5.18. The summed E-state index contributed by atoms with van der Waals surface area (Å²) in [6.45, 7) is 0. The second kappa shape index (κ2) is 10.2. The van der Waals surface area contributed by atoms with E-state index in [1.54, 1.807) is 67.9 Å². The lowest BCUT2D eigenvalue weighted by Crippen LogP contribution is -2.25. The fraction of sp³-hybridized carbons (Fsp3) is 0.0741. The molecule has 0 aliphatic heterocycles. The maximum atomic E-state index is 13.0. The molecule has 4 rings (SSSR count). The van der Waals surface area contributed by atoms with Crippen molar-refractivity contribution < 1.29 is 19.1 Å². The zero-order valence-corrected chi connectivity index (χ0v) is 18.0. The predicted molar refractivity (Wildman–Crippen MR) is 128 cm³/mol. The van der Waals surface area contributed by atoms with Crippen molar-refractivity contribution in [1.29, 1.82) is 0 Å². The van der Waals surface area contributed by atoms with Crippen molar-refractivity contribution >= 4 is 34.5 Å². The van der Waals surface area contributed by atoms with E-state index in [9.17, 15) is 9.59 Å². The van der Waals surface area contributed by atoms with Crippen LogP contribution in [0, 0.1) is 0 Å². The summed E-state index contributed by atoms with van der Waals surface area (Å²) in [6.07, 6.45) is 3.53. The first-order chi connectivity index (χ1) is 16.1. The summed E-state index contributed by atoms with van der Waals surface area (Å²) in [6, 6.07) is 25.3. The topological polar surface area (TPSA) is 77.5 Å². The van der Waals surface area contributed by atoms with Crippen LogP contribution in [0.15, 0.2) is 97.2 Å². The van der Waals surface area contributed by atoms with Gasteiger partial charge in [-0.3, -0.25) is 9.78 Å². The van der Waals surface area contributed by atoms with Gasteiger partial charge in [0.1, 0.15) is 5.75 Å². The highest BCUT2D eigenvalue weighted by Crippen LogP contribution is 2.22. The van der Waals surface area contributed by atoms with Gasteiger partial charge >= 0.3 is 5.97 Å². The number of esters is 1. The molecule has 6 heteroatoms. The van der Waals surface area contributed by atoms with Gasteiger partial charge in [0, 0.05) is 34.5 Å². The van der Waals surface area contributed by atoms with Crippen LogP contribution in [0.25, 0.3) is 17.0 Å². The first kappa shape index (κ1) is 21.8. The molecule has 0 aliphatic carbocycles. The van der Waals surface area contributed by atoms with Crippen molar-refractivity contribution in [2.75, 3.05) is 12.4 Å². The molecule has 1 aromatic heterocycles. The molecule has 0 saturated heterocycles. The monoisotopic (exact) mass is 438 g/mol. The number of amides is 1. The summed E-state index contributed by atoms with van der Waals surface area (Å²) in [5, 5.41) is 3.76. The summed E-state index contributed by atoms with van der Waals surface area (Å²) in [7, 11) is 1.57. The Hall–Kier alpha value is -4.45. The van der Waals surface area contributed by atoms with E-state index in [2.05, 4.69) is 10.3 Å². The van der Waals surface area contributed by atoms with Crippen molar-refractivity contribution in [2.24, 2.45) is 0 Å². The highest BCUT2D eigenvalue weighted by Gasteiger charge is 2.24. The number of pyridine rings is 1. The molecule has 0 bridgehead atoms. The van der Waals surface area contributed by atoms with Crippen LogP contribution >= 0.6 is 0 Å². The molecule has 1 atom stereocenters. The summed E-state index contributed by atoms with van der Waals surface area (Å²) in [4.78, 5) is 30.0. The van der Waals surface area contributed by atoms with Gasteiger partial charge in [0.15, 0.2) is 0 Å². The van der Waals surface area contributed by atoms with Crippen LogP contribution in [0.1, 0.15) is 17.2 Å². The molecule has 0 spiro atoms. The van der Waals surface area contributed by atoms with E-state index in [4.69, 9.17) is 9.47 Å². The molecule has 0 fully saturated rings. The summed E-state index contributed by atoms with van der Waals surface area (Å²) in [5.74, 6) is -0.422. The number of ether oxygens (including phenoxy) is 2. The smallest absolute Gasteiger partial charge is 0.331 e. The van der Waals surface area contributed by atoms with Gasteiger partial charge in [-0.05, 0) is 36.4 Å². The second-order valence-electron chi connectivity index (χ2n) is 7.20. The van der Waals surface area contributed by atoms with Crippen LogP contribution in [0.2, 0.25) is 0 Å². The van der Waals surface area contributed by atoms with Crippen LogP contribution < -0.4 is 10.1 Å². The Labute approximate surface area is 191 Å². The van der Waals surface area contributed by atoms with Gasteiger partial charge < -0.3 is 14.8 Å². The number of hydrogen-bond acceptors (Lipinski definition) is 5. The number of nitrogens with one attached hydrogen (secondary N) is 1. The van der Waals surface area contributed by atoms with Crippen molar-refractivity contribution in [1.82, 2.24) is 4.98 Å². The lowest BCUT2D eigenvalue weighted by Gasteiger charge is -2.17. The molecular weight excluding hydrogens is 416 g/mol. The van der Waals surface area contributed by atoms with Gasteiger partial charge in [0.25, 0.3) is 5.91 Å². The summed E-state index contributed by atoms with van der Waals surface area (Å²) >= 11 is 0. The SMILES string of the molecule is COc1ccc(NC(=O)C(OC(=O)/C=C/c2cccc3cccnc23)c2ccccc2)cc1. The number of methoxy groups -OCH3 is 1. The normalized spacial score (nSPS) is 11.8. The minimum Gasteiger partial charge on any atom is -0.497 e. The number of benzene rings is 3. The lowest BCUT2D eigenvalue weighted by molar-refractivity contribution is -0.149. The molecule has 1 amide bonds. The van der Waals surface area contributed by atoms with Crippen LogP contribution in [0.4, 0.5) is 5.69 Å². The average molecular weight is 438 g/mol. The molecule has 6 nitrogen and oxygen atoms in total. The zero-order chi connectivity index (χ0) is 23.0. The van der Waals surface area contributed by atoms with Gasteiger partial charge in [-0.1, -0.05) is 54.6 Å². The molecule has 0 saturated carbocycles. The van der Waals surface area contributed by atoms with Crippen molar-refractivity contribution in [2.45, 2.75) is 6.10 Å². The summed E-state index contributed by atoms with van der Waals surface area (Å²) in [5.41, 5.74) is 2.69. The van der Waals surface area contributed by atoms with Crippen molar-refractivity contribution in [3.63, 3.8) is 0 Å². The number of carbonyl (C=O) groups excluding carboxylic acids is 2. The third-order valence-electron chi connectivity index (χ3n) is 4.99. The molecule has 1 N–H and O–H groups in total. The number of anilines is 1. The number of fused-ring (bicyclic) bond motifs is 1. The van der Waals surface area contributed by atoms with Crippen molar-refractivity contribution in [3.05, 3.63) is 108 Å². The average Bonchev–Trinajstić information content (AvgIpc) is 2.87. The van der Waals surface area contributed by atoms with E-state index in [0.29, 0.717) is 17.0 Å². The number of aromatic nitrogens is 1. The quantitative estimate of drug-likeness (QED) is 0.318. The number of nitrogens with zero attached hydrogens (tertiary/aromatic N) is 1. The lowest BCUT2D eigenvalue weighted by atomic mass is 10.1. The number of carbonyl (C=O) groups is 2. The van der Waals surface area contributed by atoms with E-state index < -0.39 is 18.0 Å². The van der Waals surface area contributed by atoms with Crippen LogP contribution in [-0.2, 0) is 14.3 Å². The molecule has 164 valence electrons. The van der Waals surface area contributed by atoms with E-state index in [-0.39, 0.29) is 0 Å². The Bertz CT molecular complexity index is 1280. The molecule has 0 radical (unpaired) electrons. The maximum Gasteiger partial charge on any atom is 0.331 e. The summed E-state index contributed by atoms with van der Waals surface area (Å²) < 4.78 is 10.7. The Morgan fingerprint density at radius 1 is 0.909 bits per heavy atom. The number of para-hydroxylation sites is 1. The first-order valence-corrected chi connectivity index (χ1v) is 10.4. The fourth-order valence-corrected chi connectivity index (χ4v) is 3.36. The van der Waals surface area contributed by atoms with Gasteiger partial charge in [0.05, 0.1) is 12.6 Å². The minimum atomic E-state index is -1.11. The van der Waals surface area contributed by atoms with E-state index in [1.807, 2.05) is 36.4 Å². The fourth-order valence-electron chi connectivity index (χ4n) is 3.36. The number of rotatable bonds is 7. The van der Waals surface area contributed by atoms with Gasteiger partial charge in [0.2, 0.25) is 6.10 Å². The van der Waals surface area contributed by atoms with E-state index in [0.717, 1.165) is 16.5 Å². The van der Waals surface area contributed by atoms with Gasteiger partial charge in [-0.15, -0.1) is 0 Å². The number of hydrogen-bond donors (Lipinski definition) is 1. The van der Waals surface area contributed by atoms with E-state index in [1.165, 1.54) is 6.08 Å². The molecule has 33 heavy (non-hydrogen) atoms. The highest BCUT2D eigenvalue weighted by atomic mass is 16.5. The van der Waals surface area contributed by atoms with Gasteiger partial charge in [-0.25, -0.2) is 4.79 Å². The van der Waals surface area contributed by atoms with E-state index >= 15 is 0 Å². The minimum absolute atomic E-state index is 0.458. The Balaban J connectivity index is 1.53. The van der Waals surface area contributed by atoms with Gasteiger partial charge in [-0.2, -0.15) is 0 Å². The van der Waals surface area contributed by atoms with Crippen LogP contribution in [-0.4, -0.2) is 24.0 Å². The van der Waals surface area contributed by atoms with Crippen LogP contribution in [0.5, 0.6) is 5.75 Å². The largest absolute Gasteiger partial charge is 0.497 e. The molecule has 0 aliphatic rings. The molecule has 4 aromatic rings. The first-order valence-electron chi connectivity index (χ1n) is 10.4. The zero-order valence-electron chi connectivity index (χ0n) is 18.0. The molecule has 1 unspecified atom stereocenters. The maximum absolute atomic E-state index is 13.0. The molecular formula is C27H22N2O4. The molecule has 1 heterocycles. The third-order valence-corrected chi connectivity index (χ3v) is 4.99. The Kier molecular flexibility index (Phi) is 6.75. The Morgan fingerprint density at radius 3 is 2.42 bits per heavy atom.